The fourth-order valence-electron chi connectivity index (χ4n) is 5.60. The highest BCUT2D eigenvalue weighted by atomic mass is 16.2. The molecule has 4 N–H and O–H groups in total. The molecule has 1 fully saturated rings. The SMILES string of the molecule is CN(C)c1ccc(C(=O)N2CCN(C(=O)c3ccc(N(C)C)cc3)C(C(=O)NC(Cc3c[nH]c4ccccc34)C(N)=O)C2)cc1. The van der Waals surface area contributed by atoms with Gasteiger partial charge in [-0.05, 0) is 60.2 Å². The number of nitrogens with one attached hydrogen (secondary N) is 2. The van der Waals surface area contributed by atoms with Crippen molar-refractivity contribution in [3.63, 3.8) is 0 Å². The number of benzene rings is 3. The number of aromatic nitrogens is 1. The normalized spacial score (nSPS) is 15.4. The maximum absolute atomic E-state index is 13.9. The van der Waals surface area contributed by atoms with Crippen molar-refractivity contribution in [2.24, 2.45) is 5.73 Å². The van der Waals surface area contributed by atoms with Crippen LogP contribution in [0.15, 0.2) is 79.0 Å². The number of hydrogen-bond acceptors (Lipinski definition) is 6. The Labute approximate surface area is 262 Å². The number of rotatable bonds is 9. The molecule has 1 aliphatic rings. The monoisotopic (exact) mass is 609 g/mol. The van der Waals surface area contributed by atoms with E-state index in [2.05, 4.69) is 10.3 Å². The van der Waals surface area contributed by atoms with Crippen molar-refractivity contribution in [3.8, 4) is 0 Å². The molecule has 4 aromatic rings. The van der Waals surface area contributed by atoms with E-state index in [1.54, 1.807) is 35.4 Å². The second-order valence-corrected chi connectivity index (χ2v) is 11.7. The van der Waals surface area contributed by atoms with E-state index in [1.165, 1.54) is 4.90 Å². The molecule has 11 nitrogen and oxygen atoms in total. The number of carbonyl (C=O) groups is 4. The molecule has 45 heavy (non-hydrogen) atoms. The van der Waals surface area contributed by atoms with Crippen LogP contribution in [0.5, 0.6) is 0 Å². The zero-order valence-corrected chi connectivity index (χ0v) is 26.0. The van der Waals surface area contributed by atoms with Crippen LogP contribution in [0.2, 0.25) is 0 Å². The maximum atomic E-state index is 13.9. The third-order valence-electron chi connectivity index (χ3n) is 8.25. The Morgan fingerprint density at radius 3 is 2.00 bits per heavy atom. The van der Waals surface area contributed by atoms with Gasteiger partial charge in [0.15, 0.2) is 0 Å². The highest BCUT2D eigenvalue weighted by molar-refractivity contribution is 6.00. The summed E-state index contributed by atoms with van der Waals surface area (Å²) in [5.41, 5.74) is 10.3. The minimum Gasteiger partial charge on any atom is -0.378 e. The second kappa shape index (κ2) is 13.1. The predicted octanol–water partition coefficient (Wildman–Crippen LogP) is 2.48. The molecule has 0 aliphatic carbocycles. The van der Waals surface area contributed by atoms with Gasteiger partial charge in [0.2, 0.25) is 11.8 Å². The van der Waals surface area contributed by atoms with Crippen LogP contribution in [0.3, 0.4) is 0 Å². The van der Waals surface area contributed by atoms with Gasteiger partial charge in [-0.2, -0.15) is 0 Å². The van der Waals surface area contributed by atoms with E-state index in [0.717, 1.165) is 27.8 Å². The van der Waals surface area contributed by atoms with Gasteiger partial charge in [0.05, 0.1) is 6.54 Å². The van der Waals surface area contributed by atoms with Gasteiger partial charge in [0.25, 0.3) is 11.8 Å². The number of nitrogens with zero attached hydrogens (tertiary/aromatic N) is 4. The molecule has 1 saturated heterocycles. The summed E-state index contributed by atoms with van der Waals surface area (Å²) in [4.78, 5) is 64.0. The number of aromatic amines is 1. The fraction of sp³-hybridized carbons (Fsp3) is 0.294. The number of carbonyl (C=O) groups excluding carboxylic acids is 4. The van der Waals surface area contributed by atoms with Crippen LogP contribution in [-0.4, -0.2) is 98.3 Å². The largest absolute Gasteiger partial charge is 0.378 e. The lowest BCUT2D eigenvalue weighted by Gasteiger charge is -2.41. The van der Waals surface area contributed by atoms with Gasteiger partial charge >= 0.3 is 0 Å². The van der Waals surface area contributed by atoms with E-state index in [-0.39, 0.29) is 37.9 Å². The van der Waals surface area contributed by atoms with Crippen LogP contribution in [-0.2, 0) is 16.0 Å². The fourth-order valence-corrected chi connectivity index (χ4v) is 5.60. The molecule has 0 spiro atoms. The molecule has 4 amide bonds. The van der Waals surface area contributed by atoms with Crippen LogP contribution in [0.25, 0.3) is 10.9 Å². The van der Waals surface area contributed by atoms with Crippen molar-refractivity contribution in [1.29, 1.82) is 0 Å². The Bertz CT molecular complexity index is 1700. The topological polar surface area (TPSA) is 135 Å². The maximum Gasteiger partial charge on any atom is 0.254 e. The zero-order chi connectivity index (χ0) is 32.2. The van der Waals surface area contributed by atoms with Gasteiger partial charge in [-0.1, -0.05) is 18.2 Å². The minimum atomic E-state index is -1.05. The summed E-state index contributed by atoms with van der Waals surface area (Å²) in [6, 6.07) is 19.9. The lowest BCUT2D eigenvalue weighted by Crippen LogP contribution is -2.63. The summed E-state index contributed by atoms with van der Waals surface area (Å²) >= 11 is 0. The average Bonchev–Trinajstić information content (AvgIpc) is 3.46. The number of piperazine rings is 1. The van der Waals surface area contributed by atoms with E-state index in [1.807, 2.05) is 86.5 Å². The second-order valence-electron chi connectivity index (χ2n) is 11.7. The quantitative estimate of drug-likeness (QED) is 0.267. The summed E-state index contributed by atoms with van der Waals surface area (Å²) in [7, 11) is 7.66. The van der Waals surface area contributed by atoms with Crippen molar-refractivity contribution in [2.75, 3.05) is 57.6 Å². The van der Waals surface area contributed by atoms with Gasteiger partial charge in [-0.15, -0.1) is 0 Å². The van der Waals surface area contributed by atoms with Crippen LogP contribution < -0.4 is 20.9 Å². The van der Waals surface area contributed by atoms with Crippen molar-refractivity contribution in [2.45, 2.75) is 18.5 Å². The Hall–Kier alpha value is -5.32. The highest BCUT2D eigenvalue weighted by Crippen LogP contribution is 2.22. The molecule has 11 heteroatoms. The number of primary amides is 1. The van der Waals surface area contributed by atoms with Crippen molar-refractivity contribution in [3.05, 3.63) is 95.7 Å². The highest BCUT2D eigenvalue weighted by Gasteiger charge is 2.39. The van der Waals surface area contributed by atoms with Crippen LogP contribution in [0.4, 0.5) is 11.4 Å². The van der Waals surface area contributed by atoms with Crippen LogP contribution >= 0.6 is 0 Å². The molecule has 5 rings (SSSR count). The summed E-state index contributed by atoms with van der Waals surface area (Å²) in [5, 5.41) is 3.72. The van der Waals surface area contributed by atoms with Gasteiger partial charge in [-0.3, -0.25) is 19.2 Å². The molecule has 234 valence electrons. The summed E-state index contributed by atoms with van der Waals surface area (Å²) in [6.07, 6.45) is 1.96. The standard InChI is InChI=1S/C34H39N7O4/c1-38(2)25-13-9-22(10-14-25)33(44)40-17-18-41(34(45)23-11-15-26(16-12-23)39(3)4)30(21-40)32(43)37-29(31(35)42)19-24-20-36-28-8-6-5-7-27(24)28/h5-16,20,29-30,36H,17-19,21H2,1-4H3,(H2,35,42)(H,37,43). The molecule has 0 radical (unpaired) electrons. The van der Waals surface area contributed by atoms with Gasteiger partial charge < -0.3 is 35.6 Å². The average molecular weight is 610 g/mol. The van der Waals surface area contributed by atoms with Crippen LogP contribution in [0, 0.1) is 0 Å². The smallest absolute Gasteiger partial charge is 0.254 e. The molecule has 0 bridgehead atoms. The van der Waals surface area contributed by atoms with E-state index < -0.39 is 23.9 Å². The van der Waals surface area contributed by atoms with Crippen molar-refractivity contribution in [1.82, 2.24) is 20.1 Å². The number of amides is 4. The summed E-state index contributed by atoms with van der Waals surface area (Å²) in [5.74, 6) is -1.84. The first-order valence-corrected chi connectivity index (χ1v) is 14.8. The first-order chi connectivity index (χ1) is 21.5. The lowest BCUT2D eigenvalue weighted by molar-refractivity contribution is -0.131. The molecule has 1 aromatic heterocycles. The Kier molecular flexibility index (Phi) is 9.08. The zero-order valence-electron chi connectivity index (χ0n) is 26.0. The number of nitrogens with two attached hydrogens (primary N) is 1. The third-order valence-corrected chi connectivity index (χ3v) is 8.25. The molecule has 0 saturated carbocycles. The van der Waals surface area contributed by atoms with E-state index in [0.29, 0.717) is 11.1 Å². The lowest BCUT2D eigenvalue weighted by atomic mass is 10.0. The summed E-state index contributed by atoms with van der Waals surface area (Å²) < 4.78 is 0. The summed E-state index contributed by atoms with van der Waals surface area (Å²) in [6.45, 7) is 0.339. The van der Waals surface area contributed by atoms with Crippen molar-refractivity contribution >= 4 is 45.9 Å². The molecule has 1 aliphatic heterocycles. The number of fused-ring (bicyclic) bond motifs is 1. The minimum absolute atomic E-state index is 0.0415. The molecular formula is C34H39N7O4. The first-order valence-electron chi connectivity index (χ1n) is 14.8. The predicted molar refractivity (Wildman–Crippen MR) is 175 cm³/mol. The molecule has 2 atom stereocenters. The number of hydrogen-bond donors (Lipinski definition) is 3. The number of anilines is 2. The van der Waals surface area contributed by atoms with Crippen molar-refractivity contribution < 1.29 is 19.2 Å². The third kappa shape index (κ3) is 6.77. The number of H-pyrrole nitrogens is 1. The van der Waals surface area contributed by atoms with Crippen LogP contribution in [0.1, 0.15) is 26.3 Å². The van der Waals surface area contributed by atoms with E-state index in [4.69, 9.17) is 5.73 Å². The van der Waals surface area contributed by atoms with Gasteiger partial charge in [0, 0.05) is 87.3 Å². The van der Waals surface area contributed by atoms with Gasteiger partial charge in [-0.25, -0.2) is 0 Å². The Morgan fingerprint density at radius 2 is 1.42 bits per heavy atom. The van der Waals surface area contributed by atoms with E-state index in [9.17, 15) is 19.2 Å². The molecule has 3 aromatic carbocycles. The molecule has 2 unspecified atom stereocenters. The molecular weight excluding hydrogens is 570 g/mol. The number of para-hydroxylation sites is 1. The molecule has 2 heterocycles. The van der Waals surface area contributed by atoms with E-state index >= 15 is 0 Å². The Morgan fingerprint density at radius 1 is 0.844 bits per heavy atom. The Balaban J connectivity index is 1.40. The van der Waals surface area contributed by atoms with Gasteiger partial charge in [0.1, 0.15) is 12.1 Å². The first kappa shape index (κ1) is 31.1.